The van der Waals surface area contributed by atoms with Gasteiger partial charge in [0.2, 0.25) is 0 Å². The van der Waals surface area contributed by atoms with Gasteiger partial charge >= 0.3 is 0 Å². The van der Waals surface area contributed by atoms with Crippen LogP contribution >= 0.6 is 34.8 Å². The van der Waals surface area contributed by atoms with Crippen LogP contribution in [-0.2, 0) is 0 Å². The maximum absolute atomic E-state index is 5.92. The van der Waals surface area contributed by atoms with Crippen molar-refractivity contribution in [2.75, 3.05) is 5.73 Å². The van der Waals surface area contributed by atoms with Crippen molar-refractivity contribution < 1.29 is 0 Å². The Balaban J connectivity index is 2.60. The van der Waals surface area contributed by atoms with Crippen molar-refractivity contribution in [1.82, 2.24) is 9.78 Å². The molecule has 2 aromatic rings. The molecule has 2 rings (SSSR count). The normalized spacial score (nSPS) is 10.8. The molecule has 0 bridgehead atoms. The van der Waals surface area contributed by atoms with Gasteiger partial charge in [0.25, 0.3) is 0 Å². The number of nitrogens with two attached hydrogens (primary N) is 1. The van der Waals surface area contributed by atoms with E-state index in [4.69, 9.17) is 40.5 Å². The first-order chi connectivity index (χ1) is 7.49. The molecule has 0 fully saturated rings. The zero-order chi connectivity index (χ0) is 11.9. The summed E-state index contributed by atoms with van der Waals surface area (Å²) in [6, 6.07) is 3.24. The van der Waals surface area contributed by atoms with Crippen LogP contribution in [0.15, 0.2) is 18.3 Å². The van der Waals surface area contributed by atoms with Crippen LogP contribution in [0.5, 0.6) is 0 Å². The number of anilines is 1. The third kappa shape index (κ3) is 1.98. The Labute approximate surface area is 108 Å². The maximum atomic E-state index is 5.92. The van der Waals surface area contributed by atoms with E-state index in [0.29, 0.717) is 26.4 Å². The van der Waals surface area contributed by atoms with Crippen molar-refractivity contribution in [3.8, 4) is 5.69 Å². The minimum atomic E-state index is 0.415. The zero-order valence-electron chi connectivity index (χ0n) is 8.34. The van der Waals surface area contributed by atoms with E-state index >= 15 is 0 Å². The van der Waals surface area contributed by atoms with E-state index in [1.165, 1.54) is 0 Å². The summed E-state index contributed by atoms with van der Waals surface area (Å²) in [5.41, 5.74) is 7.71. The lowest BCUT2D eigenvalue weighted by Gasteiger charge is -2.07. The van der Waals surface area contributed by atoms with Crippen LogP contribution in [0.4, 0.5) is 5.69 Å². The molecule has 0 amide bonds. The van der Waals surface area contributed by atoms with Crippen LogP contribution in [0.1, 0.15) is 5.69 Å². The molecular weight excluding hydrogens is 268 g/mol. The molecule has 3 nitrogen and oxygen atoms in total. The van der Waals surface area contributed by atoms with Crippen molar-refractivity contribution in [3.63, 3.8) is 0 Å². The van der Waals surface area contributed by atoms with E-state index in [-0.39, 0.29) is 0 Å². The van der Waals surface area contributed by atoms with Crippen molar-refractivity contribution in [3.05, 3.63) is 39.1 Å². The predicted molar refractivity (Wildman–Crippen MR) is 67.7 cm³/mol. The Morgan fingerprint density at radius 2 is 1.75 bits per heavy atom. The highest BCUT2D eigenvalue weighted by atomic mass is 35.5. The molecular formula is C10H8Cl3N3. The van der Waals surface area contributed by atoms with Crippen LogP contribution in [0.2, 0.25) is 15.1 Å². The van der Waals surface area contributed by atoms with E-state index in [1.807, 2.05) is 6.92 Å². The first-order valence-electron chi connectivity index (χ1n) is 4.45. The standard InChI is InChI=1S/C10H8Cl3N3/c1-5-8(13)4-16(15-5)10-3-7(12)6(11)2-9(10)14/h2-4H,14H2,1H3. The highest BCUT2D eigenvalue weighted by Gasteiger charge is 2.09. The molecule has 0 spiro atoms. The van der Waals surface area contributed by atoms with Crippen molar-refractivity contribution in [2.24, 2.45) is 0 Å². The number of hydrogen-bond donors (Lipinski definition) is 1. The SMILES string of the molecule is Cc1nn(-c2cc(Cl)c(Cl)cc2N)cc1Cl. The number of benzene rings is 1. The average molecular weight is 277 g/mol. The van der Waals surface area contributed by atoms with E-state index in [2.05, 4.69) is 5.10 Å². The van der Waals surface area contributed by atoms with E-state index in [0.717, 1.165) is 5.69 Å². The van der Waals surface area contributed by atoms with Gasteiger partial charge in [0.15, 0.2) is 0 Å². The monoisotopic (exact) mass is 275 g/mol. The Morgan fingerprint density at radius 1 is 1.12 bits per heavy atom. The number of rotatable bonds is 1. The minimum Gasteiger partial charge on any atom is -0.397 e. The average Bonchev–Trinajstić information content (AvgIpc) is 2.53. The second-order valence-corrected chi connectivity index (χ2v) is 4.55. The summed E-state index contributed by atoms with van der Waals surface area (Å²) in [4.78, 5) is 0. The van der Waals surface area contributed by atoms with Gasteiger partial charge in [-0.25, -0.2) is 4.68 Å². The van der Waals surface area contributed by atoms with Crippen LogP contribution in [0, 0.1) is 6.92 Å². The van der Waals surface area contributed by atoms with Gasteiger partial charge < -0.3 is 5.73 Å². The largest absolute Gasteiger partial charge is 0.397 e. The van der Waals surface area contributed by atoms with Crippen molar-refractivity contribution in [1.29, 1.82) is 0 Å². The molecule has 1 heterocycles. The molecule has 0 aliphatic rings. The first kappa shape index (κ1) is 11.6. The number of halogens is 3. The Bertz CT molecular complexity index is 529. The maximum Gasteiger partial charge on any atom is 0.0891 e. The molecule has 1 aromatic heterocycles. The molecule has 0 atom stereocenters. The highest BCUT2D eigenvalue weighted by Crippen LogP contribution is 2.30. The van der Waals surface area contributed by atoms with Crippen molar-refractivity contribution in [2.45, 2.75) is 6.92 Å². The fourth-order valence-corrected chi connectivity index (χ4v) is 1.77. The Morgan fingerprint density at radius 3 is 2.31 bits per heavy atom. The third-order valence-corrected chi connectivity index (χ3v) is 3.25. The first-order valence-corrected chi connectivity index (χ1v) is 5.59. The lowest BCUT2D eigenvalue weighted by molar-refractivity contribution is 0.865. The predicted octanol–water partition coefficient (Wildman–Crippen LogP) is 3.72. The van der Waals surface area contributed by atoms with Gasteiger partial charge in [-0.15, -0.1) is 0 Å². The van der Waals surface area contributed by atoms with Gasteiger partial charge in [0.05, 0.1) is 32.1 Å². The van der Waals surface area contributed by atoms with Gasteiger partial charge in [-0.3, -0.25) is 0 Å². The van der Waals surface area contributed by atoms with Crippen molar-refractivity contribution >= 4 is 40.5 Å². The Kier molecular flexibility index (Phi) is 3.02. The van der Waals surface area contributed by atoms with E-state index in [1.54, 1.807) is 23.0 Å². The summed E-state index contributed by atoms with van der Waals surface area (Å²) >= 11 is 17.7. The summed E-state index contributed by atoms with van der Waals surface area (Å²) in [5.74, 6) is 0. The van der Waals surface area contributed by atoms with Crippen LogP contribution < -0.4 is 5.73 Å². The second kappa shape index (κ2) is 4.17. The summed E-state index contributed by atoms with van der Waals surface area (Å²) in [5, 5.41) is 5.63. The molecule has 1 aromatic carbocycles. The van der Waals surface area contributed by atoms with Crippen LogP contribution in [-0.4, -0.2) is 9.78 Å². The van der Waals surface area contributed by atoms with E-state index < -0.39 is 0 Å². The number of aryl methyl sites for hydroxylation is 1. The summed E-state index contributed by atoms with van der Waals surface area (Å²) in [6.45, 7) is 1.81. The third-order valence-electron chi connectivity index (χ3n) is 2.16. The second-order valence-electron chi connectivity index (χ2n) is 3.33. The highest BCUT2D eigenvalue weighted by molar-refractivity contribution is 6.42. The fraction of sp³-hybridized carbons (Fsp3) is 0.100. The topological polar surface area (TPSA) is 43.8 Å². The minimum absolute atomic E-state index is 0.415. The molecule has 84 valence electrons. The molecule has 0 saturated heterocycles. The van der Waals surface area contributed by atoms with Gasteiger partial charge in [0.1, 0.15) is 0 Å². The fourth-order valence-electron chi connectivity index (χ4n) is 1.31. The zero-order valence-corrected chi connectivity index (χ0v) is 10.6. The molecule has 0 radical (unpaired) electrons. The number of aromatic nitrogens is 2. The molecule has 0 aliphatic heterocycles. The Hall–Kier alpha value is -0.900. The number of nitrogens with zero attached hydrogens (tertiary/aromatic N) is 2. The van der Waals surface area contributed by atoms with Gasteiger partial charge in [-0.2, -0.15) is 5.10 Å². The van der Waals surface area contributed by atoms with E-state index in [9.17, 15) is 0 Å². The number of nitrogen functional groups attached to an aromatic ring is 1. The summed E-state index contributed by atoms with van der Waals surface area (Å²) in [6.07, 6.45) is 1.67. The molecule has 0 saturated carbocycles. The van der Waals surface area contributed by atoms with Crippen LogP contribution in [0.25, 0.3) is 5.69 Å². The lowest BCUT2D eigenvalue weighted by atomic mass is 10.3. The molecule has 6 heteroatoms. The lowest BCUT2D eigenvalue weighted by Crippen LogP contribution is -2.00. The van der Waals surface area contributed by atoms with Crippen LogP contribution in [0.3, 0.4) is 0 Å². The van der Waals surface area contributed by atoms with Gasteiger partial charge in [-0.1, -0.05) is 34.8 Å². The number of hydrogen-bond acceptors (Lipinski definition) is 2. The smallest absolute Gasteiger partial charge is 0.0891 e. The molecule has 0 unspecified atom stereocenters. The molecule has 16 heavy (non-hydrogen) atoms. The summed E-state index contributed by atoms with van der Waals surface area (Å²) < 4.78 is 1.58. The van der Waals surface area contributed by atoms with Gasteiger partial charge in [-0.05, 0) is 19.1 Å². The summed E-state index contributed by atoms with van der Waals surface area (Å²) in [7, 11) is 0. The quantitative estimate of drug-likeness (QED) is 0.807. The molecule has 2 N–H and O–H groups in total. The molecule has 0 aliphatic carbocycles. The van der Waals surface area contributed by atoms with Gasteiger partial charge in [0, 0.05) is 6.20 Å².